The first kappa shape index (κ1) is 33.7. The van der Waals surface area contributed by atoms with E-state index >= 15 is 0 Å². The highest BCUT2D eigenvalue weighted by Crippen LogP contribution is 2.39. The highest BCUT2D eigenvalue weighted by atomic mass is 32.2. The van der Waals surface area contributed by atoms with Crippen molar-refractivity contribution in [2.24, 2.45) is 0 Å². The predicted octanol–water partition coefficient (Wildman–Crippen LogP) is 8.26. The van der Waals surface area contributed by atoms with Crippen LogP contribution in [-0.4, -0.2) is 47.4 Å². The van der Waals surface area contributed by atoms with Gasteiger partial charge in [0.15, 0.2) is 17.1 Å². The second kappa shape index (κ2) is 16.8. The number of esters is 1. The Balaban J connectivity index is 1.24. The fourth-order valence-corrected chi connectivity index (χ4v) is 6.82. The summed E-state index contributed by atoms with van der Waals surface area (Å²) in [5.74, 6) is -0.503. The van der Waals surface area contributed by atoms with Crippen LogP contribution < -0.4 is 0 Å². The number of ether oxygens (including phenoxy) is 5. The van der Waals surface area contributed by atoms with E-state index in [-0.39, 0.29) is 19.8 Å². The molecular formula is C41H37NO7S. The van der Waals surface area contributed by atoms with Crippen LogP contribution in [0.4, 0.5) is 0 Å². The fourth-order valence-electron chi connectivity index (χ4n) is 5.79. The van der Waals surface area contributed by atoms with Crippen LogP contribution in [0.2, 0.25) is 0 Å². The number of aromatic nitrogens is 1. The van der Waals surface area contributed by atoms with Crippen molar-refractivity contribution in [3.8, 4) is 0 Å². The maximum Gasteiger partial charge on any atom is 0.338 e. The standard InChI is InChI=1S/C41H37NO7S/c43-39(32-21-11-4-12-22-32)49-38-37(46-27-31-19-9-3-10-20-31)36(45-26-30-17-7-2-8-18-30)35(28-44-25-29-15-5-1-6-16-29)47-40(38)50-41-42-33-23-13-14-24-34(33)48-41/h1-24,35-38,40H,25-28H2/t35-,36+,37+,38-,40+/m1/s1. The predicted molar refractivity (Wildman–Crippen MR) is 190 cm³/mol. The van der Waals surface area contributed by atoms with E-state index in [1.807, 2.05) is 121 Å². The number of benzene rings is 5. The average Bonchev–Trinajstić information content (AvgIpc) is 3.58. The van der Waals surface area contributed by atoms with E-state index in [0.717, 1.165) is 16.7 Å². The highest BCUT2D eigenvalue weighted by molar-refractivity contribution is 7.99. The van der Waals surface area contributed by atoms with E-state index in [0.29, 0.717) is 28.5 Å². The van der Waals surface area contributed by atoms with E-state index < -0.39 is 35.8 Å². The van der Waals surface area contributed by atoms with Crippen LogP contribution in [-0.2, 0) is 43.5 Å². The van der Waals surface area contributed by atoms with E-state index in [1.54, 1.807) is 24.3 Å². The molecule has 0 saturated carbocycles. The van der Waals surface area contributed by atoms with E-state index in [1.165, 1.54) is 11.8 Å². The van der Waals surface area contributed by atoms with Gasteiger partial charge in [-0.2, -0.15) is 0 Å². The van der Waals surface area contributed by atoms with Gasteiger partial charge < -0.3 is 28.1 Å². The van der Waals surface area contributed by atoms with Gasteiger partial charge in [-0.1, -0.05) is 121 Å². The number of oxazole rings is 1. The van der Waals surface area contributed by atoms with Gasteiger partial charge in [-0.05, 0) is 52.7 Å². The number of hydrogen-bond donors (Lipinski definition) is 0. The molecule has 0 N–H and O–H groups in total. The number of carbonyl (C=O) groups is 1. The van der Waals surface area contributed by atoms with Crippen molar-refractivity contribution in [1.29, 1.82) is 0 Å². The molecule has 5 aromatic carbocycles. The molecule has 5 atom stereocenters. The smallest absolute Gasteiger partial charge is 0.338 e. The molecular weight excluding hydrogens is 651 g/mol. The zero-order valence-corrected chi connectivity index (χ0v) is 28.1. The molecule has 0 spiro atoms. The van der Waals surface area contributed by atoms with Gasteiger partial charge in [-0.15, -0.1) is 0 Å². The molecule has 7 rings (SSSR count). The van der Waals surface area contributed by atoms with Crippen molar-refractivity contribution >= 4 is 28.8 Å². The quantitative estimate of drug-likeness (QED) is 0.105. The number of para-hydroxylation sites is 2. The summed E-state index contributed by atoms with van der Waals surface area (Å²) >= 11 is 1.24. The van der Waals surface area contributed by atoms with Crippen LogP contribution in [0.1, 0.15) is 27.0 Å². The second-order valence-electron chi connectivity index (χ2n) is 11.9. The van der Waals surface area contributed by atoms with Crippen LogP contribution in [0.3, 0.4) is 0 Å². The molecule has 1 aliphatic heterocycles. The maximum atomic E-state index is 13.7. The Hall–Kier alpha value is -4.77. The van der Waals surface area contributed by atoms with Gasteiger partial charge in [-0.3, -0.25) is 0 Å². The van der Waals surface area contributed by atoms with Crippen molar-refractivity contribution in [3.63, 3.8) is 0 Å². The summed E-state index contributed by atoms with van der Waals surface area (Å²) in [6.07, 6.45) is -2.95. The molecule has 1 fully saturated rings. The fraction of sp³-hybridized carbons (Fsp3) is 0.220. The normalized spacial score (nSPS) is 20.4. The lowest BCUT2D eigenvalue weighted by Crippen LogP contribution is -2.60. The molecule has 9 heteroatoms. The largest absolute Gasteiger partial charge is 0.452 e. The molecule has 254 valence electrons. The van der Waals surface area contributed by atoms with Crippen LogP contribution in [0.25, 0.3) is 11.1 Å². The number of fused-ring (bicyclic) bond motifs is 1. The Morgan fingerprint density at radius 3 is 1.78 bits per heavy atom. The molecule has 0 amide bonds. The van der Waals surface area contributed by atoms with Gasteiger partial charge in [0, 0.05) is 0 Å². The lowest BCUT2D eigenvalue weighted by Gasteiger charge is -2.45. The molecule has 50 heavy (non-hydrogen) atoms. The maximum absolute atomic E-state index is 13.7. The summed E-state index contributed by atoms with van der Waals surface area (Å²) in [5, 5.41) is 0.381. The van der Waals surface area contributed by atoms with Crippen LogP contribution in [0.15, 0.2) is 155 Å². The molecule has 1 aromatic heterocycles. The third-order valence-electron chi connectivity index (χ3n) is 8.30. The SMILES string of the molecule is O=C(O[C@@H]1[C@@H](OCc2ccccc2)[C@@H](OCc2ccccc2)[C@@H](COCc2ccccc2)O[C@H]1Sc1nc2ccccc2o1)c1ccccc1. The highest BCUT2D eigenvalue weighted by Gasteiger charge is 2.50. The van der Waals surface area contributed by atoms with Gasteiger partial charge in [0.25, 0.3) is 5.22 Å². The summed E-state index contributed by atoms with van der Waals surface area (Å²) in [6, 6.07) is 46.2. The monoisotopic (exact) mass is 687 g/mol. The summed E-state index contributed by atoms with van der Waals surface area (Å²) in [4.78, 5) is 18.4. The van der Waals surface area contributed by atoms with Crippen LogP contribution in [0, 0.1) is 0 Å². The Labute approximate surface area is 295 Å². The minimum absolute atomic E-state index is 0.198. The lowest BCUT2D eigenvalue weighted by molar-refractivity contribution is -0.242. The molecule has 2 heterocycles. The average molecular weight is 688 g/mol. The number of nitrogens with zero attached hydrogens (tertiary/aromatic N) is 1. The van der Waals surface area contributed by atoms with Crippen LogP contribution >= 0.6 is 11.8 Å². The number of rotatable bonds is 14. The Morgan fingerprint density at radius 1 is 0.620 bits per heavy atom. The molecule has 6 aromatic rings. The summed E-state index contributed by atoms with van der Waals surface area (Å²) in [5.41, 5.74) is 3.98. The minimum atomic E-state index is -0.919. The van der Waals surface area contributed by atoms with Crippen molar-refractivity contribution in [3.05, 3.63) is 168 Å². The van der Waals surface area contributed by atoms with Crippen LogP contribution in [0.5, 0.6) is 0 Å². The van der Waals surface area contributed by atoms with Gasteiger partial charge in [0.05, 0.1) is 32.0 Å². The Morgan fingerprint density at radius 2 is 1.16 bits per heavy atom. The van der Waals surface area contributed by atoms with E-state index in [9.17, 15) is 4.79 Å². The molecule has 0 unspecified atom stereocenters. The Kier molecular flexibility index (Phi) is 11.3. The first-order chi connectivity index (χ1) is 24.7. The summed E-state index contributed by atoms with van der Waals surface area (Å²) < 4.78 is 38.9. The molecule has 0 bridgehead atoms. The second-order valence-corrected chi connectivity index (χ2v) is 12.9. The van der Waals surface area contributed by atoms with Crippen molar-refractivity contribution < 1.29 is 32.9 Å². The molecule has 8 nitrogen and oxygen atoms in total. The first-order valence-corrected chi connectivity index (χ1v) is 17.4. The summed E-state index contributed by atoms with van der Waals surface area (Å²) in [6.45, 7) is 1.13. The number of thioether (sulfide) groups is 1. The van der Waals surface area contributed by atoms with E-state index in [4.69, 9.17) is 33.1 Å². The topological polar surface area (TPSA) is 89.3 Å². The lowest BCUT2D eigenvalue weighted by atomic mass is 9.98. The molecule has 1 saturated heterocycles. The number of hydrogen-bond acceptors (Lipinski definition) is 9. The van der Waals surface area contributed by atoms with Gasteiger partial charge in [0.2, 0.25) is 0 Å². The zero-order chi connectivity index (χ0) is 34.0. The first-order valence-electron chi connectivity index (χ1n) is 16.6. The molecule has 0 aliphatic carbocycles. The van der Waals surface area contributed by atoms with Gasteiger partial charge >= 0.3 is 5.97 Å². The zero-order valence-electron chi connectivity index (χ0n) is 27.3. The third kappa shape index (κ3) is 8.68. The van der Waals surface area contributed by atoms with Crippen molar-refractivity contribution in [2.75, 3.05) is 6.61 Å². The summed E-state index contributed by atoms with van der Waals surface area (Å²) in [7, 11) is 0. The molecule has 0 radical (unpaired) electrons. The van der Waals surface area contributed by atoms with Gasteiger partial charge in [0.1, 0.15) is 23.8 Å². The van der Waals surface area contributed by atoms with Gasteiger partial charge in [-0.25, -0.2) is 9.78 Å². The minimum Gasteiger partial charge on any atom is -0.452 e. The molecule has 1 aliphatic rings. The Bertz CT molecular complexity index is 1890. The third-order valence-corrected chi connectivity index (χ3v) is 9.29. The van der Waals surface area contributed by atoms with Crippen molar-refractivity contribution in [1.82, 2.24) is 4.98 Å². The van der Waals surface area contributed by atoms with E-state index in [2.05, 4.69) is 0 Å². The number of carbonyl (C=O) groups excluding carboxylic acids is 1. The van der Waals surface area contributed by atoms with Crippen molar-refractivity contribution in [2.45, 2.75) is 54.9 Å².